The Morgan fingerprint density at radius 3 is 2.25 bits per heavy atom. The van der Waals surface area contributed by atoms with Gasteiger partial charge in [0.15, 0.2) is 10.8 Å². The number of ketones is 1. The van der Waals surface area contributed by atoms with Crippen LogP contribution in [0.2, 0.25) is 0 Å². The number of aryl methyl sites for hydroxylation is 3. The predicted octanol–water partition coefficient (Wildman–Crippen LogP) is 5.56. The van der Waals surface area contributed by atoms with Crippen LogP contribution in [0, 0.1) is 20.8 Å². The predicted molar refractivity (Wildman–Crippen MR) is 141 cm³/mol. The van der Waals surface area contributed by atoms with Gasteiger partial charge in [-0.3, -0.25) is 4.79 Å². The van der Waals surface area contributed by atoms with Crippen LogP contribution >= 0.6 is 0 Å². The lowest BCUT2D eigenvalue weighted by atomic mass is 10.1. The SMILES string of the molecule is CNc1cccc(S(=O)(=O)CC(=O)c2ccc(-c3ccccc3)nc2Oc2c(C)cc(C)cc2C)n1. The Kier molecular flexibility index (Phi) is 7.17. The lowest BCUT2D eigenvalue weighted by molar-refractivity contribution is 0.101. The van der Waals surface area contributed by atoms with E-state index in [1.54, 1.807) is 31.3 Å². The van der Waals surface area contributed by atoms with Gasteiger partial charge in [-0.25, -0.2) is 18.4 Å². The first-order chi connectivity index (χ1) is 17.2. The third kappa shape index (κ3) is 5.44. The summed E-state index contributed by atoms with van der Waals surface area (Å²) in [6, 6.07) is 21.3. The van der Waals surface area contributed by atoms with Gasteiger partial charge in [0.1, 0.15) is 17.3 Å². The summed E-state index contributed by atoms with van der Waals surface area (Å²) in [7, 11) is -2.36. The van der Waals surface area contributed by atoms with Gasteiger partial charge in [0.2, 0.25) is 15.7 Å². The minimum absolute atomic E-state index is 0.0588. The van der Waals surface area contributed by atoms with Crippen molar-refractivity contribution in [3.8, 4) is 22.9 Å². The molecule has 2 aromatic carbocycles. The third-order valence-electron chi connectivity index (χ3n) is 5.65. The summed E-state index contributed by atoms with van der Waals surface area (Å²) in [4.78, 5) is 22.0. The molecule has 4 aromatic rings. The molecule has 184 valence electrons. The lowest BCUT2D eigenvalue weighted by Crippen LogP contribution is -2.19. The number of aromatic nitrogens is 2. The van der Waals surface area contributed by atoms with Gasteiger partial charge in [0.05, 0.1) is 11.3 Å². The fourth-order valence-electron chi connectivity index (χ4n) is 3.98. The smallest absolute Gasteiger partial charge is 0.230 e. The standard InChI is InChI=1S/C28H27N3O4S/c1-18-15-19(2)27(20(3)16-18)35-28-22(13-14-23(30-28)21-9-6-5-7-10-21)24(32)17-36(33,34)26-12-8-11-25(29-4)31-26/h5-16H,17H2,1-4H3,(H,29,31). The molecular formula is C28H27N3O4S. The molecule has 0 unspecified atom stereocenters. The number of carbonyl (C=O) groups is 1. The fourth-order valence-corrected chi connectivity index (χ4v) is 5.15. The largest absolute Gasteiger partial charge is 0.438 e. The number of hydrogen-bond acceptors (Lipinski definition) is 7. The van der Waals surface area contributed by atoms with Gasteiger partial charge >= 0.3 is 0 Å². The van der Waals surface area contributed by atoms with E-state index in [9.17, 15) is 13.2 Å². The average molecular weight is 502 g/mol. The molecule has 4 rings (SSSR count). The second-order valence-corrected chi connectivity index (χ2v) is 10.5. The highest BCUT2D eigenvalue weighted by molar-refractivity contribution is 7.92. The van der Waals surface area contributed by atoms with Crippen LogP contribution in [-0.4, -0.2) is 37.0 Å². The molecule has 0 saturated heterocycles. The van der Waals surface area contributed by atoms with Gasteiger partial charge in [-0.1, -0.05) is 54.1 Å². The third-order valence-corrected chi connectivity index (χ3v) is 7.16. The van der Waals surface area contributed by atoms with Gasteiger partial charge in [-0.15, -0.1) is 0 Å². The van der Waals surface area contributed by atoms with E-state index in [1.807, 2.05) is 63.2 Å². The first-order valence-electron chi connectivity index (χ1n) is 11.4. The fraction of sp³-hybridized carbons (Fsp3) is 0.179. The topological polar surface area (TPSA) is 98.2 Å². The highest BCUT2D eigenvalue weighted by Crippen LogP contribution is 2.33. The van der Waals surface area contributed by atoms with Crippen molar-refractivity contribution >= 4 is 21.4 Å². The molecule has 1 N–H and O–H groups in total. The highest BCUT2D eigenvalue weighted by Gasteiger charge is 2.26. The number of nitrogens with one attached hydrogen (secondary N) is 1. The van der Waals surface area contributed by atoms with E-state index in [2.05, 4.69) is 15.3 Å². The zero-order chi connectivity index (χ0) is 25.9. The zero-order valence-electron chi connectivity index (χ0n) is 20.6. The number of pyridine rings is 2. The lowest BCUT2D eigenvalue weighted by Gasteiger charge is -2.15. The van der Waals surface area contributed by atoms with Crippen molar-refractivity contribution in [1.82, 2.24) is 9.97 Å². The van der Waals surface area contributed by atoms with E-state index in [4.69, 9.17) is 4.74 Å². The minimum Gasteiger partial charge on any atom is -0.438 e. The Hall–Kier alpha value is -4.04. The first-order valence-corrected chi connectivity index (χ1v) is 13.1. The summed E-state index contributed by atoms with van der Waals surface area (Å²) in [5, 5.41) is 2.63. The van der Waals surface area contributed by atoms with Gasteiger partial charge in [0.25, 0.3) is 0 Å². The molecule has 0 radical (unpaired) electrons. The molecule has 0 saturated carbocycles. The van der Waals surface area contributed by atoms with E-state index >= 15 is 0 Å². The summed E-state index contributed by atoms with van der Waals surface area (Å²) in [5.41, 5.74) is 4.40. The Morgan fingerprint density at radius 2 is 1.58 bits per heavy atom. The van der Waals surface area contributed by atoms with Crippen molar-refractivity contribution in [2.24, 2.45) is 0 Å². The van der Waals surface area contributed by atoms with Crippen LogP contribution in [0.3, 0.4) is 0 Å². The monoisotopic (exact) mass is 501 g/mol. The summed E-state index contributed by atoms with van der Waals surface area (Å²) in [6.07, 6.45) is 0. The van der Waals surface area contributed by atoms with Crippen LogP contribution in [0.4, 0.5) is 5.82 Å². The van der Waals surface area contributed by atoms with Crippen molar-refractivity contribution in [1.29, 1.82) is 0 Å². The number of ether oxygens (including phenoxy) is 1. The van der Waals surface area contributed by atoms with E-state index in [1.165, 1.54) is 6.07 Å². The second-order valence-electron chi connectivity index (χ2n) is 8.54. The summed E-state index contributed by atoms with van der Waals surface area (Å²) in [5.74, 6) is -0.355. The molecule has 2 aromatic heterocycles. The number of Topliss-reactive ketones (excluding diaryl/α,β-unsaturated/α-hetero) is 1. The highest BCUT2D eigenvalue weighted by atomic mass is 32.2. The van der Waals surface area contributed by atoms with Crippen LogP contribution in [0.1, 0.15) is 27.0 Å². The van der Waals surface area contributed by atoms with Crippen LogP contribution in [0.5, 0.6) is 11.6 Å². The number of carbonyl (C=O) groups excluding carboxylic acids is 1. The molecule has 0 atom stereocenters. The molecule has 0 spiro atoms. The van der Waals surface area contributed by atoms with Crippen molar-refractivity contribution in [3.05, 3.63) is 95.1 Å². The van der Waals surface area contributed by atoms with Crippen LogP contribution in [0.15, 0.2) is 77.8 Å². The maximum atomic E-state index is 13.3. The Morgan fingerprint density at radius 1 is 0.889 bits per heavy atom. The number of anilines is 1. The number of nitrogens with zero attached hydrogens (tertiary/aromatic N) is 2. The second kappa shape index (κ2) is 10.3. The molecule has 0 bridgehead atoms. The Labute approximate surface area is 211 Å². The normalized spacial score (nSPS) is 11.2. The minimum atomic E-state index is -4.00. The van der Waals surface area contributed by atoms with Crippen LogP contribution in [-0.2, 0) is 9.84 Å². The molecule has 2 heterocycles. The van der Waals surface area contributed by atoms with Gasteiger partial charge in [-0.2, -0.15) is 0 Å². The number of sulfone groups is 1. The van der Waals surface area contributed by atoms with Crippen molar-refractivity contribution in [2.75, 3.05) is 18.1 Å². The molecule has 0 aliphatic heterocycles. The number of hydrogen-bond donors (Lipinski definition) is 1. The molecule has 0 aliphatic rings. The quantitative estimate of drug-likeness (QED) is 0.316. The van der Waals surface area contributed by atoms with Crippen molar-refractivity contribution < 1.29 is 17.9 Å². The molecule has 0 aliphatic carbocycles. The summed E-state index contributed by atoms with van der Waals surface area (Å²) < 4.78 is 32.2. The first kappa shape index (κ1) is 25.1. The van der Waals surface area contributed by atoms with E-state index in [0.29, 0.717) is 17.3 Å². The Balaban J connectivity index is 1.75. The molecule has 0 amide bonds. The van der Waals surface area contributed by atoms with Crippen molar-refractivity contribution in [2.45, 2.75) is 25.8 Å². The molecule has 36 heavy (non-hydrogen) atoms. The number of rotatable bonds is 8. The number of benzene rings is 2. The van der Waals surface area contributed by atoms with Gasteiger partial charge < -0.3 is 10.1 Å². The van der Waals surface area contributed by atoms with Gasteiger partial charge in [0, 0.05) is 12.6 Å². The average Bonchev–Trinajstić information content (AvgIpc) is 2.86. The Bertz CT molecular complexity index is 1510. The van der Waals surface area contributed by atoms with Crippen molar-refractivity contribution in [3.63, 3.8) is 0 Å². The maximum absolute atomic E-state index is 13.3. The molecular weight excluding hydrogens is 474 g/mol. The molecule has 0 fully saturated rings. The van der Waals surface area contributed by atoms with Gasteiger partial charge in [-0.05, 0) is 56.2 Å². The van der Waals surface area contributed by atoms with E-state index in [-0.39, 0.29) is 16.5 Å². The molecule has 8 heteroatoms. The maximum Gasteiger partial charge on any atom is 0.230 e. The summed E-state index contributed by atoms with van der Waals surface area (Å²) in [6.45, 7) is 5.83. The zero-order valence-corrected chi connectivity index (χ0v) is 21.4. The van der Waals surface area contributed by atoms with Crippen LogP contribution in [0.25, 0.3) is 11.3 Å². The molecule has 7 nitrogen and oxygen atoms in total. The van der Waals surface area contributed by atoms with E-state index in [0.717, 1.165) is 22.3 Å². The summed E-state index contributed by atoms with van der Waals surface area (Å²) >= 11 is 0. The van der Waals surface area contributed by atoms with Crippen LogP contribution < -0.4 is 10.1 Å². The van der Waals surface area contributed by atoms with E-state index < -0.39 is 21.4 Å².